The van der Waals surface area contributed by atoms with Crippen molar-refractivity contribution >= 4 is 0 Å². The van der Waals surface area contributed by atoms with E-state index in [-0.39, 0.29) is 11.4 Å². The minimum atomic E-state index is -0.273. The Morgan fingerprint density at radius 3 is 3.06 bits per heavy atom. The fraction of sp³-hybridized carbons (Fsp3) is 0.167. The highest BCUT2D eigenvalue weighted by atomic mass is 16.5. The summed E-state index contributed by atoms with van der Waals surface area (Å²) in [5.41, 5.74) is 6.20. The number of nitrogens with two attached hydrogens (primary N) is 1. The largest absolute Gasteiger partial charge is 0.435 e. The zero-order chi connectivity index (χ0) is 12.3. The smallest absolute Gasteiger partial charge is 0.313 e. The van der Waals surface area contributed by atoms with Crippen molar-refractivity contribution in [2.45, 2.75) is 6.54 Å². The molecule has 0 unspecified atom stereocenters. The summed E-state index contributed by atoms with van der Waals surface area (Å²) in [5.74, 6) is 0.618. The minimum absolute atomic E-state index is 0.0594. The third kappa shape index (κ3) is 2.51. The minimum Gasteiger partial charge on any atom is -0.435 e. The fourth-order valence-electron chi connectivity index (χ4n) is 1.39. The Morgan fingerprint density at radius 2 is 2.29 bits per heavy atom. The molecule has 1 aromatic heterocycles. The van der Waals surface area contributed by atoms with Gasteiger partial charge < -0.3 is 15.0 Å². The van der Waals surface area contributed by atoms with Crippen LogP contribution in [0.15, 0.2) is 41.5 Å². The predicted molar refractivity (Wildman–Crippen MR) is 63.9 cm³/mol. The summed E-state index contributed by atoms with van der Waals surface area (Å²) in [6.45, 7) is 0.428. The molecule has 2 rings (SSSR count). The third-order valence-corrected chi connectivity index (χ3v) is 2.33. The second kappa shape index (κ2) is 4.80. The molecular weight excluding hydrogens is 218 g/mol. The summed E-state index contributed by atoms with van der Waals surface area (Å²) in [7, 11) is 1.65. The maximum Gasteiger partial charge on any atom is 0.313 e. The normalized spacial score (nSPS) is 10.2. The van der Waals surface area contributed by atoms with Gasteiger partial charge in [0.05, 0.1) is 0 Å². The number of aryl methyl sites for hydroxylation is 1. The summed E-state index contributed by atoms with van der Waals surface area (Å²) < 4.78 is 6.84. The van der Waals surface area contributed by atoms with Crippen molar-refractivity contribution in [3.63, 3.8) is 0 Å². The molecule has 0 atom stereocenters. The summed E-state index contributed by atoms with van der Waals surface area (Å²) in [4.78, 5) is 15.6. The Bertz CT molecular complexity index is 578. The number of hydrogen-bond acceptors (Lipinski definition) is 4. The molecule has 0 bridgehead atoms. The van der Waals surface area contributed by atoms with E-state index < -0.39 is 0 Å². The van der Waals surface area contributed by atoms with Gasteiger partial charge in [0.15, 0.2) is 0 Å². The van der Waals surface area contributed by atoms with E-state index in [1.807, 2.05) is 12.1 Å². The summed E-state index contributed by atoms with van der Waals surface area (Å²) in [5, 5.41) is 0. The van der Waals surface area contributed by atoms with E-state index in [1.54, 1.807) is 25.4 Å². The van der Waals surface area contributed by atoms with Crippen LogP contribution in [0, 0.1) is 0 Å². The highest BCUT2D eigenvalue weighted by Crippen LogP contribution is 2.17. The van der Waals surface area contributed by atoms with Gasteiger partial charge in [-0.05, 0) is 17.7 Å². The first-order chi connectivity index (χ1) is 8.20. The molecule has 1 aromatic carbocycles. The van der Waals surface area contributed by atoms with Gasteiger partial charge in [0.2, 0.25) is 0 Å². The summed E-state index contributed by atoms with van der Waals surface area (Å²) in [6, 6.07) is 7.26. The van der Waals surface area contributed by atoms with Crippen LogP contribution in [0.25, 0.3) is 0 Å². The predicted octanol–water partition coefficient (Wildman–Crippen LogP) is 1.03. The fourth-order valence-corrected chi connectivity index (χ4v) is 1.39. The van der Waals surface area contributed by atoms with Gasteiger partial charge in [-0.25, -0.2) is 4.98 Å². The van der Waals surface area contributed by atoms with Crippen LogP contribution in [-0.2, 0) is 13.6 Å². The van der Waals surface area contributed by atoms with Crippen molar-refractivity contribution in [2.75, 3.05) is 0 Å². The standard InChI is InChI=1S/C12H13N3O2/c1-15-6-5-14-11(12(15)16)17-10-4-2-3-9(7-10)8-13/h2-7H,8,13H2,1H3. The number of aromatic nitrogens is 2. The maximum atomic E-state index is 11.7. The van der Waals surface area contributed by atoms with Gasteiger partial charge in [-0.3, -0.25) is 4.79 Å². The first-order valence-electron chi connectivity index (χ1n) is 5.19. The molecule has 0 saturated carbocycles. The Balaban J connectivity index is 2.31. The molecule has 0 amide bonds. The topological polar surface area (TPSA) is 70.1 Å². The van der Waals surface area contributed by atoms with Crippen molar-refractivity contribution < 1.29 is 4.74 Å². The Morgan fingerprint density at radius 1 is 1.47 bits per heavy atom. The van der Waals surface area contributed by atoms with Crippen molar-refractivity contribution in [3.05, 3.63) is 52.6 Å². The Kier molecular flexibility index (Phi) is 3.20. The van der Waals surface area contributed by atoms with E-state index in [4.69, 9.17) is 10.5 Å². The van der Waals surface area contributed by atoms with Crippen LogP contribution < -0.4 is 16.0 Å². The van der Waals surface area contributed by atoms with Gasteiger partial charge in [-0.1, -0.05) is 12.1 Å². The van der Waals surface area contributed by atoms with Crippen molar-refractivity contribution in [1.29, 1.82) is 0 Å². The second-order valence-electron chi connectivity index (χ2n) is 3.60. The monoisotopic (exact) mass is 231 g/mol. The lowest BCUT2D eigenvalue weighted by molar-refractivity contribution is 0.448. The molecule has 0 saturated heterocycles. The molecule has 0 radical (unpaired) electrons. The molecule has 0 aliphatic carbocycles. The molecule has 0 aliphatic heterocycles. The first kappa shape index (κ1) is 11.3. The van der Waals surface area contributed by atoms with Crippen LogP contribution in [0.2, 0.25) is 0 Å². The summed E-state index contributed by atoms with van der Waals surface area (Å²) in [6.07, 6.45) is 3.09. The van der Waals surface area contributed by atoms with E-state index in [9.17, 15) is 4.79 Å². The van der Waals surface area contributed by atoms with Gasteiger partial charge in [-0.2, -0.15) is 0 Å². The van der Waals surface area contributed by atoms with E-state index in [0.29, 0.717) is 12.3 Å². The lowest BCUT2D eigenvalue weighted by Crippen LogP contribution is -2.18. The van der Waals surface area contributed by atoms with Crippen molar-refractivity contribution in [1.82, 2.24) is 9.55 Å². The van der Waals surface area contributed by atoms with Crippen LogP contribution >= 0.6 is 0 Å². The Labute approximate surface area is 98.5 Å². The van der Waals surface area contributed by atoms with Crippen LogP contribution in [0.4, 0.5) is 0 Å². The molecule has 0 fully saturated rings. The average Bonchev–Trinajstić information content (AvgIpc) is 2.35. The molecule has 17 heavy (non-hydrogen) atoms. The number of hydrogen-bond donors (Lipinski definition) is 1. The molecule has 5 nitrogen and oxygen atoms in total. The quantitative estimate of drug-likeness (QED) is 0.856. The molecule has 0 spiro atoms. The second-order valence-corrected chi connectivity index (χ2v) is 3.60. The zero-order valence-corrected chi connectivity index (χ0v) is 9.46. The van der Waals surface area contributed by atoms with E-state index >= 15 is 0 Å². The van der Waals surface area contributed by atoms with Crippen LogP contribution in [0.3, 0.4) is 0 Å². The van der Waals surface area contributed by atoms with Crippen molar-refractivity contribution in [3.8, 4) is 11.6 Å². The van der Waals surface area contributed by atoms with Crippen LogP contribution in [-0.4, -0.2) is 9.55 Å². The van der Waals surface area contributed by atoms with Crippen molar-refractivity contribution in [2.24, 2.45) is 12.8 Å². The van der Waals surface area contributed by atoms with Crippen LogP contribution in [0.5, 0.6) is 11.6 Å². The maximum absolute atomic E-state index is 11.7. The van der Waals surface area contributed by atoms with E-state index in [2.05, 4.69) is 4.98 Å². The molecule has 2 aromatic rings. The summed E-state index contributed by atoms with van der Waals surface area (Å²) >= 11 is 0. The molecule has 0 aliphatic rings. The lowest BCUT2D eigenvalue weighted by Gasteiger charge is -2.06. The molecular formula is C12H13N3O2. The number of benzene rings is 1. The third-order valence-electron chi connectivity index (χ3n) is 2.33. The first-order valence-corrected chi connectivity index (χ1v) is 5.19. The lowest BCUT2D eigenvalue weighted by atomic mass is 10.2. The SMILES string of the molecule is Cn1ccnc(Oc2cccc(CN)c2)c1=O. The highest BCUT2D eigenvalue weighted by molar-refractivity contribution is 5.30. The molecule has 1 heterocycles. The average molecular weight is 231 g/mol. The molecule has 88 valence electrons. The van der Waals surface area contributed by atoms with Gasteiger partial charge in [0, 0.05) is 26.0 Å². The van der Waals surface area contributed by atoms with Gasteiger partial charge in [0.1, 0.15) is 5.75 Å². The molecule has 5 heteroatoms. The number of nitrogens with zero attached hydrogens (tertiary/aromatic N) is 2. The van der Waals surface area contributed by atoms with Gasteiger partial charge >= 0.3 is 5.56 Å². The zero-order valence-electron chi connectivity index (χ0n) is 9.46. The Hall–Kier alpha value is -2.14. The van der Waals surface area contributed by atoms with Crippen LogP contribution in [0.1, 0.15) is 5.56 Å². The van der Waals surface area contributed by atoms with Gasteiger partial charge in [-0.15, -0.1) is 0 Å². The number of rotatable bonds is 3. The van der Waals surface area contributed by atoms with E-state index in [1.165, 1.54) is 10.8 Å². The highest BCUT2D eigenvalue weighted by Gasteiger charge is 2.05. The van der Waals surface area contributed by atoms with Gasteiger partial charge in [0.25, 0.3) is 5.88 Å². The van der Waals surface area contributed by atoms with E-state index in [0.717, 1.165) is 5.56 Å². The molecule has 2 N–H and O–H groups in total. The number of ether oxygens (including phenoxy) is 1.